The molecule has 0 bridgehead atoms. The normalized spacial score (nSPS) is 10.4. The molecule has 178 valence electrons. The molecule has 0 spiro atoms. The average Bonchev–Trinajstić information content (AvgIpc) is 2.80. The molecule has 0 fully saturated rings. The monoisotopic (exact) mass is 469 g/mol. The fourth-order valence-corrected chi connectivity index (χ4v) is 3.43. The molecule has 0 heterocycles. The summed E-state index contributed by atoms with van der Waals surface area (Å²) in [6.45, 7) is 2.89. The Labute approximate surface area is 202 Å². The van der Waals surface area contributed by atoms with Gasteiger partial charge < -0.3 is 15.0 Å². The number of ether oxygens (including phenoxy) is 1. The third-order valence-corrected chi connectivity index (χ3v) is 5.38. The maximum Gasteiger partial charge on any atom is 0.257 e. The van der Waals surface area contributed by atoms with Crippen LogP contribution in [0, 0.1) is 0 Å². The van der Waals surface area contributed by atoms with Crippen LogP contribution in [-0.4, -0.2) is 42.5 Å². The van der Waals surface area contributed by atoms with Gasteiger partial charge in [0, 0.05) is 31.8 Å². The number of amides is 2. The van der Waals surface area contributed by atoms with E-state index in [1.54, 1.807) is 43.3 Å². The zero-order valence-electron chi connectivity index (χ0n) is 19.9. The molecule has 0 aliphatic carbocycles. The van der Waals surface area contributed by atoms with Crippen molar-refractivity contribution in [2.75, 3.05) is 26.0 Å². The van der Waals surface area contributed by atoms with Gasteiger partial charge in [0.1, 0.15) is 5.75 Å². The zero-order valence-corrected chi connectivity index (χ0v) is 20.7. The first-order chi connectivity index (χ1) is 15.9. The van der Waals surface area contributed by atoms with Crippen LogP contribution in [0.4, 0.5) is 5.69 Å². The minimum absolute atomic E-state index is 0.0829. The van der Waals surface area contributed by atoms with Crippen molar-refractivity contribution in [2.24, 2.45) is 0 Å². The molecule has 2 amide bonds. The van der Waals surface area contributed by atoms with Crippen LogP contribution in [0.2, 0.25) is 0 Å². The minimum Gasteiger partial charge on any atom is -0.494 e. The molecule has 0 radical (unpaired) electrons. The number of rotatable bonds is 12. The second kappa shape index (κ2) is 14.3. The molecule has 0 unspecified atom stereocenters. The first-order valence-electron chi connectivity index (χ1n) is 11.5. The molecule has 2 N–H and O–H groups in total. The summed E-state index contributed by atoms with van der Waals surface area (Å²) in [5.74, 6) is 0.554. The molecule has 0 saturated heterocycles. The van der Waals surface area contributed by atoms with E-state index in [0.29, 0.717) is 25.0 Å². The maximum atomic E-state index is 12.5. The van der Waals surface area contributed by atoms with Crippen LogP contribution >= 0.6 is 12.2 Å². The molecule has 0 aliphatic rings. The van der Waals surface area contributed by atoms with Gasteiger partial charge in [-0.3, -0.25) is 14.9 Å². The average molecular weight is 470 g/mol. The van der Waals surface area contributed by atoms with Gasteiger partial charge in [0.15, 0.2) is 5.11 Å². The number of unbranched alkanes of at least 4 members (excludes halogenated alkanes) is 4. The van der Waals surface area contributed by atoms with E-state index in [2.05, 4.69) is 17.6 Å². The molecule has 2 rings (SSSR count). The summed E-state index contributed by atoms with van der Waals surface area (Å²) >= 11 is 5.29. The molecule has 7 heteroatoms. The van der Waals surface area contributed by atoms with Crippen LogP contribution in [0.3, 0.4) is 0 Å². The van der Waals surface area contributed by atoms with Gasteiger partial charge in [-0.15, -0.1) is 0 Å². The summed E-state index contributed by atoms with van der Waals surface area (Å²) in [6, 6.07) is 14.7. The van der Waals surface area contributed by atoms with Crippen molar-refractivity contribution in [1.29, 1.82) is 0 Å². The first kappa shape index (κ1) is 26.3. The Balaban J connectivity index is 1.79. The Morgan fingerprint density at radius 2 is 1.73 bits per heavy atom. The van der Waals surface area contributed by atoms with E-state index in [1.807, 2.05) is 24.3 Å². The molecule has 0 aromatic heterocycles. The topological polar surface area (TPSA) is 70.7 Å². The van der Waals surface area contributed by atoms with E-state index in [-0.39, 0.29) is 16.9 Å². The van der Waals surface area contributed by atoms with Gasteiger partial charge in [-0.05, 0) is 67.0 Å². The van der Waals surface area contributed by atoms with E-state index >= 15 is 0 Å². The SMILES string of the molecule is CCCCCCCOc1ccc(C(=O)NC(=S)Nc2cccc(CCC(=O)N(C)C)c2)cc1. The van der Waals surface area contributed by atoms with Gasteiger partial charge in [0.05, 0.1) is 6.61 Å². The Kier molecular flexibility index (Phi) is 11.4. The van der Waals surface area contributed by atoms with Gasteiger partial charge in [0.25, 0.3) is 5.91 Å². The van der Waals surface area contributed by atoms with Gasteiger partial charge in [-0.2, -0.15) is 0 Å². The molecule has 6 nitrogen and oxygen atoms in total. The van der Waals surface area contributed by atoms with E-state index in [0.717, 1.165) is 23.4 Å². The largest absolute Gasteiger partial charge is 0.494 e. The van der Waals surface area contributed by atoms with Crippen molar-refractivity contribution >= 4 is 34.8 Å². The van der Waals surface area contributed by atoms with E-state index in [9.17, 15) is 9.59 Å². The summed E-state index contributed by atoms with van der Waals surface area (Å²) in [5.41, 5.74) is 2.29. The number of thiocarbonyl (C=S) groups is 1. The molecular formula is C26H35N3O3S. The Morgan fingerprint density at radius 1 is 1.00 bits per heavy atom. The van der Waals surface area contributed by atoms with Crippen molar-refractivity contribution in [3.63, 3.8) is 0 Å². The van der Waals surface area contributed by atoms with Gasteiger partial charge in [0.2, 0.25) is 5.91 Å². The molecule has 33 heavy (non-hydrogen) atoms. The van der Waals surface area contributed by atoms with Crippen molar-refractivity contribution in [2.45, 2.75) is 51.9 Å². The Morgan fingerprint density at radius 3 is 2.42 bits per heavy atom. The number of anilines is 1. The van der Waals surface area contributed by atoms with Gasteiger partial charge >= 0.3 is 0 Å². The molecule has 2 aromatic rings. The van der Waals surface area contributed by atoms with Crippen LogP contribution in [0.25, 0.3) is 0 Å². The highest BCUT2D eigenvalue weighted by molar-refractivity contribution is 7.80. The lowest BCUT2D eigenvalue weighted by atomic mass is 10.1. The molecule has 0 atom stereocenters. The van der Waals surface area contributed by atoms with Crippen molar-refractivity contribution < 1.29 is 14.3 Å². The number of nitrogens with one attached hydrogen (secondary N) is 2. The van der Waals surface area contributed by atoms with E-state index in [4.69, 9.17) is 17.0 Å². The fraction of sp³-hybridized carbons (Fsp3) is 0.423. The number of nitrogens with zero attached hydrogens (tertiary/aromatic N) is 1. The van der Waals surface area contributed by atoms with E-state index in [1.165, 1.54) is 25.7 Å². The number of hydrogen-bond donors (Lipinski definition) is 2. The predicted octanol–water partition coefficient (Wildman–Crippen LogP) is 5.18. The highest BCUT2D eigenvalue weighted by atomic mass is 32.1. The summed E-state index contributed by atoms with van der Waals surface area (Å²) in [6.07, 6.45) is 7.03. The van der Waals surface area contributed by atoms with Gasteiger partial charge in [-0.25, -0.2) is 0 Å². The number of hydrogen-bond acceptors (Lipinski definition) is 4. The second-order valence-electron chi connectivity index (χ2n) is 8.18. The van der Waals surface area contributed by atoms with Crippen LogP contribution in [-0.2, 0) is 11.2 Å². The number of carbonyl (C=O) groups excluding carboxylic acids is 2. The lowest BCUT2D eigenvalue weighted by Crippen LogP contribution is -2.34. The highest BCUT2D eigenvalue weighted by Gasteiger charge is 2.09. The number of aryl methyl sites for hydroxylation is 1. The third kappa shape index (κ3) is 10.0. The fourth-order valence-electron chi connectivity index (χ4n) is 3.22. The third-order valence-electron chi connectivity index (χ3n) is 5.17. The van der Waals surface area contributed by atoms with E-state index < -0.39 is 0 Å². The maximum absolute atomic E-state index is 12.5. The molecule has 2 aromatic carbocycles. The van der Waals surface area contributed by atoms with Crippen LogP contribution in [0.1, 0.15) is 61.4 Å². The Bertz CT molecular complexity index is 913. The molecular weight excluding hydrogens is 434 g/mol. The summed E-state index contributed by atoms with van der Waals surface area (Å²) in [7, 11) is 3.50. The van der Waals surface area contributed by atoms with Crippen LogP contribution in [0.5, 0.6) is 5.75 Å². The van der Waals surface area contributed by atoms with Crippen molar-refractivity contribution in [3.8, 4) is 5.75 Å². The highest BCUT2D eigenvalue weighted by Crippen LogP contribution is 2.15. The smallest absolute Gasteiger partial charge is 0.257 e. The molecule has 0 saturated carbocycles. The molecule has 0 aliphatic heterocycles. The quantitative estimate of drug-likeness (QED) is 0.331. The second-order valence-corrected chi connectivity index (χ2v) is 8.59. The summed E-state index contributed by atoms with van der Waals surface area (Å²) in [4.78, 5) is 25.9. The van der Waals surface area contributed by atoms with Crippen LogP contribution < -0.4 is 15.4 Å². The Hall–Kier alpha value is -2.93. The first-order valence-corrected chi connectivity index (χ1v) is 11.9. The number of benzene rings is 2. The van der Waals surface area contributed by atoms with Crippen LogP contribution in [0.15, 0.2) is 48.5 Å². The minimum atomic E-state index is -0.286. The van der Waals surface area contributed by atoms with Crippen molar-refractivity contribution in [3.05, 3.63) is 59.7 Å². The zero-order chi connectivity index (χ0) is 24.1. The standard InChI is InChI=1S/C26H35N3O3S/c1-4-5-6-7-8-18-32-23-15-13-21(14-16-23)25(31)28-26(33)27-22-11-9-10-20(19-22)12-17-24(30)29(2)3/h9-11,13-16,19H,4-8,12,17-18H2,1-3H3,(H2,27,28,31,33). The number of carbonyl (C=O) groups is 2. The lowest BCUT2D eigenvalue weighted by molar-refractivity contribution is -0.128. The van der Waals surface area contributed by atoms with Gasteiger partial charge in [-0.1, -0.05) is 44.7 Å². The van der Waals surface area contributed by atoms with Crippen molar-refractivity contribution in [1.82, 2.24) is 10.2 Å². The lowest BCUT2D eigenvalue weighted by Gasteiger charge is -2.12. The summed E-state index contributed by atoms with van der Waals surface area (Å²) < 4.78 is 5.75. The summed E-state index contributed by atoms with van der Waals surface area (Å²) in [5, 5.41) is 5.95. The predicted molar refractivity (Wildman–Crippen MR) is 138 cm³/mol.